The van der Waals surface area contributed by atoms with Crippen LogP contribution in [-0.2, 0) is 121 Å². The molecular weight excluding hydrogens is 2730 g/mol. The number of hydrogen-bond donors (Lipinski definition) is 0. The number of hydrogen-bond acceptors (Lipinski definition) is 8. The molecule has 0 N–H and O–H groups in total. The smallest absolute Gasteiger partial charge is 0.0280 e. The van der Waals surface area contributed by atoms with Crippen molar-refractivity contribution in [3.05, 3.63) is 557 Å². The topological polar surface area (TPSA) is 103 Å². The molecule has 8 nitrogen and oxygen atoms in total. The first-order chi connectivity index (χ1) is 65.4. The predicted octanol–water partition coefficient (Wildman–Crippen LogP) is 29.9. The van der Waals surface area contributed by atoms with Gasteiger partial charge < -0.3 is 39.9 Å². The second-order valence-electron chi connectivity index (χ2n) is 29.5. The monoisotopic (exact) mass is 2830 g/mol. The van der Waals surface area contributed by atoms with Crippen LogP contribution in [-0.4, -0.2) is 39.9 Å². The minimum Gasteiger partial charge on any atom is -0.305 e. The van der Waals surface area contributed by atoms with Gasteiger partial charge in [-0.15, -0.1) is 280 Å². The molecule has 136 heavy (non-hydrogen) atoms. The quantitative estimate of drug-likeness (QED) is 0.105. The second-order valence-corrected chi connectivity index (χ2v) is 29.5. The van der Waals surface area contributed by atoms with Crippen LogP contribution in [0.2, 0.25) is 0 Å². The number of aromatic nitrogens is 8. The van der Waals surface area contributed by atoms with Gasteiger partial charge in [-0.25, -0.2) is 0 Å². The van der Waals surface area contributed by atoms with E-state index in [0.717, 1.165) is 95.6 Å². The Bertz CT molecular complexity index is 6580. The van der Waals surface area contributed by atoms with Crippen molar-refractivity contribution < 1.29 is 125 Å². The van der Waals surface area contributed by atoms with Crippen LogP contribution in [0, 0.1) is 76.2 Å². The van der Waals surface area contributed by atoms with Crippen molar-refractivity contribution in [1.82, 2.24) is 39.9 Å². The molecule has 8 heterocycles. The van der Waals surface area contributed by atoms with Crippen molar-refractivity contribution in [2.75, 3.05) is 0 Å². The van der Waals surface area contributed by atoms with Crippen molar-refractivity contribution in [2.24, 2.45) is 0 Å². The van der Waals surface area contributed by atoms with Gasteiger partial charge in [0.15, 0.2) is 0 Å². The molecule has 21 aromatic rings. The molecule has 6 radical (unpaired) electrons. The van der Waals surface area contributed by atoms with Crippen molar-refractivity contribution in [3.63, 3.8) is 0 Å². The summed E-state index contributed by atoms with van der Waals surface area (Å²) in [6, 6.07) is 170. The summed E-state index contributed by atoms with van der Waals surface area (Å²) in [6.07, 6.45) is 14.2. The number of aryl methyl sites for hydroxylation is 4. The van der Waals surface area contributed by atoms with Gasteiger partial charge in [0, 0.05) is 180 Å². The Labute approximate surface area is 886 Å². The van der Waals surface area contributed by atoms with Gasteiger partial charge in [0.2, 0.25) is 0 Å². The van der Waals surface area contributed by atoms with Gasteiger partial charge in [-0.3, -0.25) is 0 Å². The molecule has 682 valence electrons. The normalized spacial score (nSPS) is 10.1. The number of nitrogens with zero attached hydrogens (tertiary/aromatic N) is 8. The van der Waals surface area contributed by atoms with Gasteiger partial charge in [0.25, 0.3) is 0 Å². The van der Waals surface area contributed by atoms with E-state index in [-0.39, 0.29) is 121 Å². The van der Waals surface area contributed by atoms with Gasteiger partial charge in [-0.1, -0.05) is 253 Å². The first kappa shape index (κ1) is 103. The molecule has 0 aliphatic rings. The molecule has 0 saturated heterocycles. The van der Waals surface area contributed by atoms with Crippen molar-refractivity contribution in [3.8, 4) is 146 Å². The van der Waals surface area contributed by atoms with Crippen LogP contribution in [0.5, 0.6) is 0 Å². The number of rotatable bonds is 13. The molecule has 0 atom stereocenters. The summed E-state index contributed by atoms with van der Waals surface area (Å²) in [5, 5.41) is 0. The van der Waals surface area contributed by atoms with Gasteiger partial charge in [-0.05, 0) is 143 Å². The fourth-order valence-corrected chi connectivity index (χ4v) is 13.5. The van der Waals surface area contributed by atoms with Crippen LogP contribution in [0.3, 0.4) is 0 Å². The van der Waals surface area contributed by atoms with Crippen LogP contribution in [0.4, 0.5) is 0 Å². The van der Waals surface area contributed by atoms with Crippen LogP contribution < -0.4 is 0 Å². The first-order valence-electron chi connectivity index (χ1n) is 44.0. The van der Waals surface area contributed by atoms with Crippen LogP contribution in [0.25, 0.3) is 146 Å². The van der Waals surface area contributed by atoms with Crippen molar-refractivity contribution >= 4 is 0 Å². The maximum absolute atomic E-state index is 7.37. The van der Waals surface area contributed by atoms with E-state index in [2.05, 4.69) is 236 Å². The maximum Gasteiger partial charge on any atom is 0.0280 e. The Hall–Kier alpha value is -13.0. The van der Waals surface area contributed by atoms with Gasteiger partial charge >= 0.3 is 0 Å². The zero-order valence-electron chi connectivity index (χ0n) is 77.3. The molecule has 13 aromatic carbocycles. The molecule has 0 aliphatic heterocycles. The molecule has 0 amide bonds. The number of pyridine rings is 8. The summed E-state index contributed by atoms with van der Waals surface area (Å²) in [4.78, 5) is 34.6. The summed E-state index contributed by atoms with van der Waals surface area (Å²) in [5.41, 5.74) is 31.0. The summed E-state index contributed by atoms with van der Waals surface area (Å²) in [7, 11) is 0. The molecule has 21 rings (SSSR count). The molecule has 0 spiro atoms. The Morgan fingerprint density at radius 3 is 0.779 bits per heavy atom. The fraction of sp³-hybridized carbons (Fsp3) is 0.0328. The van der Waals surface area contributed by atoms with Crippen molar-refractivity contribution in [1.29, 1.82) is 0 Å². The van der Waals surface area contributed by atoms with Crippen LogP contribution in [0.15, 0.2) is 486 Å². The summed E-state index contributed by atoms with van der Waals surface area (Å²) in [5.74, 6) is 0. The maximum atomic E-state index is 7.37. The van der Waals surface area contributed by atoms with Gasteiger partial charge in [0.05, 0.1) is 0 Å². The molecule has 0 aliphatic carbocycles. The third-order valence-electron chi connectivity index (χ3n) is 20.2. The van der Waals surface area contributed by atoms with Gasteiger partial charge in [0.1, 0.15) is 0 Å². The van der Waals surface area contributed by atoms with E-state index in [1.54, 1.807) is 44.0 Å². The molecule has 0 saturated carbocycles. The number of benzene rings is 13. The molecule has 0 unspecified atom stereocenters. The van der Waals surface area contributed by atoms with Crippen LogP contribution >= 0.6 is 0 Å². The van der Waals surface area contributed by atoms with E-state index >= 15 is 0 Å². The zero-order valence-corrected chi connectivity index (χ0v) is 88.6. The molecule has 8 aromatic heterocycles. The van der Waals surface area contributed by atoms with Crippen molar-refractivity contribution in [2.45, 2.75) is 27.6 Å². The summed E-state index contributed by atoms with van der Waals surface area (Å²) >= 11 is 0. The molecule has 0 fully saturated rings. The summed E-state index contributed by atoms with van der Waals surface area (Å²) < 4.78 is 22.1. The van der Waals surface area contributed by atoms with E-state index in [9.17, 15) is 0 Å². The van der Waals surface area contributed by atoms with E-state index in [0.29, 0.717) is 5.56 Å². The fourth-order valence-electron chi connectivity index (χ4n) is 13.5. The molecular formula is C122H92Ir6N8-8. The van der Waals surface area contributed by atoms with E-state index in [1.807, 2.05) is 310 Å². The molecule has 14 heteroatoms. The average Bonchev–Trinajstić information content (AvgIpc) is 0.852. The van der Waals surface area contributed by atoms with Crippen LogP contribution in [0.1, 0.15) is 26.4 Å². The van der Waals surface area contributed by atoms with E-state index < -0.39 is 6.85 Å². The largest absolute Gasteiger partial charge is 0.305 e. The third-order valence-corrected chi connectivity index (χ3v) is 20.2. The zero-order chi connectivity index (χ0) is 91.7. The average molecular weight is 2830 g/mol. The van der Waals surface area contributed by atoms with Gasteiger partial charge in [-0.2, -0.15) is 0 Å². The third kappa shape index (κ3) is 33.8. The minimum absolute atomic E-state index is 0. The first-order valence-corrected chi connectivity index (χ1v) is 42.5. The second kappa shape index (κ2) is 59.6. The Morgan fingerprint density at radius 2 is 0.471 bits per heavy atom. The Morgan fingerprint density at radius 1 is 0.184 bits per heavy atom. The standard InChI is InChI=1S/2C18H14N.3C17H12N.C13H12N.2C11H8N.6Ir/c1-14-12-18(16-10-6-3-7-11-16)19-13-17(14)15-8-4-2-5-9-15;1-14-10-11-19-18(12-14)17-9-5-8-16(13-17)15-6-3-2-4-7-15;2*1-2-7-14(8-3-1)15-9-6-10-16(13-15)17-11-4-5-12-18-17;1-2-6-14(7-3-1)15-9-11-16(12-10-15)17-8-4-5-13-18-17;1-10-8-13(14-9-11(10)2)12-6-4-3-5-7-12;2*1-2-6-10(7-3-1)11-8-4-5-9-12-11;;;;;;/h2-10,12-13H,1H3;2-8,10-13H,1H3;2*1-9,11-13H;1-11,13H;3-6,8-9H,1-2H3;2*1-6,8-9H;;;;;;/q8*-1;;;;;;/i;;;;;2D3;;;;;;;;. The SMILES string of the molecule is Cc1cc(-c2[c-]cccc2)ncc1-c1ccccc1.Cc1ccnc(-c2[c-]ccc(-c3ccccc3)c2)c1.[2H]C([2H])([2H])c1cnc(-c2[c-]cccc2)cc1C.[Ir].[Ir].[Ir].[Ir].[Ir].[Ir].[c-]1cc(-c2ccccc2)ccc1-c1ccccn1.[c-]1ccc(-c2ccccc2)cc1-c1ccccn1.[c-]1ccc(-c2ccccc2)cc1-c1ccccn1.[c-]1ccccc1-c1ccccn1.[c-]1ccccc1-c1ccccn1. The minimum atomic E-state index is -2.10. The Kier molecular flexibility index (Phi) is 45.4. The predicted molar refractivity (Wildman–Crippen MR) is 534 cm³/mol. The van der Waals surface area contributed by atoms with E-state index in [4.69, 9.17) is 4.11 Å². The Balaban J connectivity index is 0.000000194. The van der Waals surface area contributed by atoms with E-state index in [1.165, 1.54) is 73.0 Å². The summed E-state index contributed by atoms with van der Waals surface area (Å²) in [6.45, 7) is 3.88. The molecule has 0 bridgehead atoms.